The number of Topliss-reactive ketones (excluding diaryl/α,β-unsaturated/α-hetero) is 1. The lowest BCUT2D eigenvalue weighted by Gasteiger charge is -2.17. The number of hydrogen-bond donors (Lipinski definition) is 1. The minimum atomic E-state index is -0.458. The molecular formula is C16H17N5O3. The predicted octanol–water partition coefficient (Wildman–Crippen LogP) is 2.93. The van der Waals surface area contributed by atoms with Gasteiger partial charge in [-0.15, -0.1) is 0 Å². The van der Waals surface area contributed by atoms with Crippen molar-refractivity contribution in [3.8, 4) is 0 Å². The third kappa shape index (κ3) is 3.17. The van der Waals surface area contributed by atoms with E-state index in [-0.39, 0.29) is 17.3 Å². The third-order valence-electron chi connectivity index (χ3n) is 3.95. The lowest BCUT2D eigenvalue weighted by molar-refractivity contribution is -0.383. The van der Waals surface area contributed by atoms with Gasteiger partial charge in [0.25, 0.3) is 0 Å². The van der Waals surface area contributed by atoms with Crippen molar-refractivity contribution in [2.45, 2.75) is 19.8 Å². The highest BCUT2D eigenvalue weighted by atomic mass is 16.6. The Labute approximate surface area is 138 Å². The van der Waals surface area contributed by atoms with Crippen LogP contribution in [0.25, 0.3) is 0 Å². The molecule has 0 saturated carbocycles. The first-order chi connectivity index (χ1) is 11.6. The van der Waals surface area contributed by atoms with Crippen LogP contribution < -0.4 is 10.2 Å². The Kier molecular flexibility index (Phi) is 4.37. The molecule has 1 fully saturated rings. The summed E-state index contributed by atoms with van der Waals surface area (Å²) in [5, 5.41) is 14.5. The van der Waals surface area contributed by atoms with E-state index in [4.69, 9.17) is 0 Å². The maximum absolute atomic E-state index is 11.5. The van der Waals surface area contributed by atoms with E-state index in [0.717, 1.165) is 25.9 Å². The summed E-state index contributed by atoms with van der Waals surface area (Å²) in [5.41, 5.74) is 1.07. The van der Waals surface area contributed by atoms with E-state index in [9.17, 15) is 14.9 Å². The summed E-state index contributed by atoms with van der Waals surface area (Å²) in [6.45, 7) is 3.00. The van der Waals surface area contributed by atoms with Gasteiger partial charge >= 0.3 is 5.69 Å². The number of nitrogens with one attached hydrogen (secondary N) is 1. The maximum atomic E-state index is 11.5. The van der Waals surface area contributed by atoms with Crippen LogP contribution in [-0.2, 0) is 0 Å². The molecule has 1 aliphatic heterocycles. The number of ketones is 1. The van der Waals surface area contributed by atoms with E-state index in [0.29, 0.717) is 17.1 Å². The third-order valence-corrected chi connectivity index (χ3v) is 3.95. The van der Waals surface area contributed by atoms with Crippen LogP contribution >= 0.6 is 0 Å². The average Bonchev–Trinajstić information content (AvgIpc) is 3.09. The van der Waals surface area contributed by atoms with Crippen molar-refractivity contribution in [1.29, 1.82) is 0 Å². The first kappa shape index (κ1) is 15.9. The quantitative estimate of drug-likeness (QED) is 0.512. The van der Waals surface area contributed by atoms with Crippen LogP contribution in [-0.4, -0.2) is 33.8 Å². The normalized spacial score (nSPS) is 13.8. The van der Waals surface area contributed by atoms with Crippen LogP contribution in [0, 0.1) is 10.1 Å². The van der Waals surface area contributed by atoms with Crippen LogP contribution in [0.3, 0.4) is 0 Å². The summed E-state index contributed by atoms with van der Waals surface area (Å²) in [5.74, 6) is 0.453. The van der Waals surface area contributed by atoms with Gasteiger partial charge < -0.3 is 10.2 Å². The zero-order chi connectivity index (χ0) is 17.1. The van der Waals surface area contributed by atoms with Gasteiger partial charge in [0.05, 0.1) is 4.92 Å². The topological polar surface area (TPSA) is 101 Å². The molecule has 8 heteroatoms. The minimum Gasteiger partial charge on any atom is -0.351 e. The number of hydrogen-bond acceptors (Lipinski definition) is 7. The van der Waals surface area contributed by atoms with Crippen molar-refractivity contribution >= 4 is 28.8 Å². The summed E-state index contributed by atoms with van der Waals surface area (Å²) in [6.07, 6.45) is 3.32. The Morgan fingerprint density at radius 2 is 1.88 bits per heavy atom. The molecule has 1 aromatic heterocycles. The van der Waals surface area contributed by atoms with Crippen molar-refractivity contribution in [2.24, 2.45) is 0 Å². The zero-order valence-corrected chi connectivity index (χ0v) is 13.2. The van der Waals surface area contributed by atoms with Gasteiger partial charge in [-0.1, -0.05) is 0 Å². The number of nitrogens with zero attached hydrogens (tertiary/aromatic N) is 4. The smallest absolute Gasteiger partial charge is 0.351 e. The second-order valence-corrected chi connectivity index (χ2v) is 5.60. The average molecular weight is 327 g/mol. The minimum absolute atomic E-state index is 0.0362. The second kappa shape index (κ2) is 6.61. The van der Waals surface area contributed by atoms with E-state index in [1.54, 1.807) is 24.3 Å². The van der Waals surface area contributed by atoms with E-state index in [2.05, 4.69) is 15.3 Å². The molecule has 0 aliphatic carbocycles. The highest BCUT2D eigenvalue weighted by Crippen LogP contribution is 2.34. The molecule has 3 rings (SSSR count). The monoisotopic (exact) mass is 327 g/mol. The molecule has 0 amide bonds. The standard InChI is InChI=1S/C16H17N5O3/c1-11(22)12-4-6-13(7-5-12)19-15-14(21(23)24)16(18-10-17-15)20-8-2-3-9-20/h4-7,10H,2-3,8-9H2,1H3,(H,17,18,19). The number of carbonyl (C=O) groups is 1. The van der Waals surface area contributed by atoms with Crippen LogP contribution in [0.4, 0.5) is 23.0 Å². The Hall–Kier alpha value is -3.03. The molecule has 1 aliphatic rings. The molecule has 1 N–H and O–H groups in total. The Morgan fingerprint density at radius 1 is 1.21 bits per heavy atom. The summed E-state index contributed by atoms with van der Waals surface area (Å²) in [6, 6.07) is 6.72. The molecule has 0 spiro atoms. The van der Waals surface area contributed by atoms with E-state index >= 15 is 0 Å². The molecular weight excluding hydrogens is 310 g/mol. The summed E-state index contributed by atoms with van der Waals surface area (Å²) in [4.78, 5) is 32.4. The lowest BCUT2D eigenvalue weighted by Crippen LogP contribution is -2.21. The molecule has 0 radical (unpaired) electrons. The number of aromatic nitrogens is 2. The van der Waals surface area contributed by atoms with Crippen molar-refractivity contribution in [3.05, 3.63) is 46.3 Å². The molecule has 0 unspecified atom stereocenters. The van der Waals surface area contributed by atoms with Gasteiger partial charge in [-0.3, -0.25) is 14.9 Å². The highest BCUT2D eigenvalue weighted by molar-refractivity contribution is 5.94. The van der Waals surface area contributed by atoms with Crippen LogP contribution in [0.1, 0.15) is 30.1 Å². The van der Waals surface area contributed by atoms with Gasteiger partial charge in [0, 0.05) is 24.3 Å². The molecule has 0 atom stereocenters. The molecule has 24 heavy (non-hydrogen) atoms. The van der Waals surface area contributed by atoms with E-state index in [1.807, 2.05) is 4.90 Å². The number of benzene rings is 1. The van der Waals surface area contributed by atoms with E-state index < -0.39 is 4.92 Å². The molecule has 124 valence electrons. The van der Waals surface area contributed by atoms with Crippen molar-refractivity contribution < 1.29 is 9.72 Å². The number of anilines is 3. The molecule has 1 saturated heterocycles. The van der Waals surface area contributed by atoms with Gasteiger partial charge in [0.2, 0.25) is 11.6 Å². The van der Waals surface area contributed by atoms with Gasteiger partial charge in [0.1, 0.15) is 6.33 Å². The lowest BCUT2D eigenvalue weighted by atomic mass is 10.1. The van der Waals surface area contributed by atoms with E-state index in [1.165, 1.54) is 13.3 Å². The van der Waals surface area contributed by atoms with Gasteiger partial charge in [-0.25, -0.2) is 9.97 Å². The molecule has 2 heterocycles. The fourth-order valence-electron chi connectivity index (χ4n) is 2.71. The van der Waals surface area contributed by atoms with Crippen LogP contribution in [0.2, 0.25) is 0 Å². The first-order valence-corrected chi connectivity index (χ1v) is 7.68. The Balaban J connectivity index is 1.93. The number of carbonyl (C=O) groups excluding carboxylic acids is 1. The predicted molar refractivity (Wildman–Crippen MR) is 89.9 cm³/mol. The highest BCUT2D eigenvalue weighted by Gasteiger charge is 2.28. The van der Waals surface area contributed by atoms with Gasteiger partial charge in [-0.05, 0) is 44.0 Å². The molecule has 8 nitrogen and oxygen atoms in total. The number of rotatable bonds is 5. The Bertz CT molecular complexity index is 770. The molecule has 2 aromatic rings. The fourth-order valence-corrected chi connectivity index (χ4v) is 2.71. The molecule has 0 bridgehead atoms. The van der Waals surface area contributed by atoms with Crippen molar-refractivity contribution in [3.63, 3.8) is 0 Å². The van der Waals surface area contributed by atoms with Gasteiger partial charge in [0.15, 0.2) is 5.78 Å². The maximum Gasteiger partial charge on any atom is 0.353 e. The number of nitro groups is 1. The summed E-state index contributed by atoms with van der Waals surface area (Å²) in [7, 11) is 0. The fraction of sp³-hybridized carbons (Fsp3) is 0.312. The van der Waals surface area contributed by atoms with Crippen LogP contribution in [0.5, 0.6) is 0 Å². The first-order valence-electron chi connectivity index (χ1n) is 7.68. The second-order valence-electron chi connectivity index (χ2n) is 5.60. The SMILES string of the molecule is CC(=O)c1ccc(Nc2ncnc(N3CCCC3)c2[N+](=O)[O-])cc1. The summed E-state index contributed by atoms with van der Waals surface area (Å²) >= 11 is 0. The van der Waals surface area contributed by atoms with Gasteiger partial charge in [-0.2, -0.15) is 0 Å². The zero-order valence-electron chi connectivity index (χ0n) is 13.2. The largest absolute Gasteiger partial charge is 0.353 e. The summed E-state index contributed by atoms with van der Waals surface area (Å²) < 4.78 is 0. The Morgan fingerprint density at radius 3 is 2.46 bits per heavy atom. The van der Waals surface area contributed by atoms with Crippen molar-refractivity contribution in [1.82, 2.24) is 9.97 Å². The molecule has 1 aromatic carbocycles. The van der Waals surface area contributed by atoms with Crippen LogP contribution in [0.15, 0.2) is 30.6 Å². The van der Waals surface area contributed by atoms with Crippen molar-refractivity contribution in [2.75, 3.05) is 23.3 Å².